The van der Waals surface area contributed by atoms with Gasteiger partial charge in [0.05, 0.1) is 12.6 Å². The Hall–Kier alpha value is -1.92. The quantitative estimate of drug-likeness (QED) is 0.859. The van der Waals surface area contributed by atoms with Gasteiger partial charge in [0.1, 0.15) is 16.5 Å². The van der Waals surface area contributed by atoms with E-state index in [4.69, 9.17) is 10.5 Å². The summed E-state index contributed by atoms with van der Waals surface area (Å²) in [5.74, 6) is 0.558. The molecule has 1 aromatic carbocycles. The second-order valence-electron chi connectivity index (χ2n) is 4.69. The van der Waals surface area contributed by atoms with Crippen LogP contribution in [0.25, 0.3) is 0 Å². The van der Waals surface area contributed by atoms with Gasteiger partial charge in [-0.05, 0) is 37.6 Å². The minimum atomic E-state index is -0.236. The number of rotatable bonds is 6. The molecule has 3 N–H and O–H groups in total. The van der Waals surface area contributed by atoms with Crippen LogP contribution in [-0.4, -0.2) is 17.5 Å². The number of amides is 1. The molecule has 2 rings (SSSR count). The van der Waals surface area contributed by atoms with Crippen LogP contribution in [0.2, 0.25) is 0 Å². The number of carbonyl (C=O) groups excluding carboxylic acids is 1. The smallest absolute Gasteiger partial charge is 0.275 e. The molecule has 112 valence electrons. The topological polar surface area (TPSA) is 77.2 Å². The highest BCUT2D eigenvalue weighted by Gasteiger charge is 2.12. The molecule has 0 bridgehead atoms. The minimum Gasteiger partial charge on any atom is -0.494 e. The van der Waals surface area contributed by atoms with Crippen LogP contribution < -0.4 is 15.8 Å². The van der Waals surface area contributed by atoms with E-state index in [1.54, 1.807) is 5.38 Å². The van der Waals surface area contributed by atoms with Gasteiger partial charge >= 0.3 is 0 Å². The summed E-state index contributed by atoms with van der Waals surface area (Å²) in [4.78, 5) is 16.3. The van der Waals surface area contributed by atoms with Crippen LogP contribution in [-0.2, 0) is 0 Å². The largest absolute Gasteiger partial charge is 0.494 e. The summed E-state index contributed by atoms with van der Waals surface area (Å²) < 4.78 is 5.49. The highest BCUT2D eigenvalue weighted by atomic mass is 32.1. The first-order chi connectivity index (χ1) is 10.1. The van der Waals surface area contributed by atoms with Crippen molar-refractivity contribution in [3.63, 3.8) is 0 Å². The van der Waals surface area contributed by atoms with E-state index in [0.717, 1.165) is 17.2 Å². The molecule has 0 radical (unpaired) electrons. The average molecular weight is 305 g/mol. The minimum absolute atomic E-state index is 0.161. The van der Waals surface area contributed by atoms with Gasteiger partial charge < -0.3 is 15.8 Å². The van der Waals surface area contributed by atoms with Gasteiger partial charge in [0.2, 0.25) is 0 Å². The third-order valence-electron chi connectivity index (χ3n) is 2.73. The molecule has 0 aliphatic heterocycles. The van der Waals surface area contributed by atoms with Gasteiger partial charge in [-0.15, -0.1) is 11.3 Å². The molecule has 6 heteroatoms. The average Bonchev–Trinajstić information content (AvgIpc) is 2.97. The van der Waals surface area contributed by atoms with Gasteiger partial charge in [0.25, 0.3) is 5.91 Å². The van der Waals surface area contributed by atoms with E-state index >= 15 is 0 Å². The van der Waals surface area contributed by atoms with Gasteiger partial charge in [0, 0.05) is 11.1 Å². The van der Waals surface area contributed by atoms with Crippen molar-refractivity contribution in [1.82, 2.24) is 4.98 Å². The van der Waals surface area contributed by atoms with Gasteiger partial charge in [-0.25, -0.2) is 4.98 Å². The molecule has 0 aliphatic rings. The van der Waals surface area contributed by atoms with Gasteiger partial charge in [-0.3, -0.25) is 4.79 Å². The molecular weight excluding hydrogens is 286 g/mol. The molecule has 1 unspecified atom stereocenters. The number of hydrogen-bond acceptors (Lipinski definition) is 5. The summed E-state index contributed by atoms with van der Waals surface area (Å²) in [5.41, 5.74) is 6.83. The number of carbonyl (C=O) groups is 1. The van der Waals surface area contributed by atoms with E-state index in [2.05, 4.69) is 17.2 Å². The fourth-order valence-electron chi connectivity index (χ4n) is 1.65. The fraction of sp³-hybridized carbons (Fsp3) is 0.333. The Morgan fingerprint density at radius 3 is 2.71 bits per heavy atom. The van der Waals surface area contributed by atoms with Gasteiger partial charge in [-0.2, -0.15) is 0 Å². The van der Waals surface area contributed by atoms with Crippen molar-refractivity contribution >= 4 is 22.9 Å². The molecule has 0 spiro atoms. The van der Waals surface area contributed by atoms with Crippen LogP contribution in [0.4, 0.5) is 5.69 Å². The van der Waals surface area contributed by atoms with Crippen molar-refractivity contribution < 1.29 is 9.53 Å². The Bertz CT molecular complexity index is 593. The first-order valence-electron chi connectivity index (χ1n) is 6.85. The lowest BCUT2D eigenvalue weighted by Gasteiger charge is -2.06. The molecule has 0 saturated carbocycles. The fourth-order valence-corrected chi connectivity index (χ4v) is 2.41. The van der Waals surface area contributed by atoms with E-state index in [-0.39, 0.29) is 11.9 Å². The first-order valence-corrected chi connectivity index (χ1v) is 7.73. The van der Waals surface area contributed by atoms with E-state index < -0.39 is 0 Å². The number of nitrogens with two attached hydrogens (primary N) is 1. The zero-order chi connectivity index (χ0) is 15.2. The Kier molecular flexibility index (Phi) is 5.30. The molecule has 0 fully saturated rings. The summed E-state index contributed by atoms with van der Waals surface area (Å²) in [6, 6.07) is 7.12. The third kappa shape index (κ3) is 4.27. The monoisotopic (exact) mass is 305 g/mol. The zero-order valence-electron chi connectivity index (χ0n) is 12.1. The highest BCUT2D eigenvalue weighted by molar-refractivity contribution is 7.09. The van der Waals surface area contributed by atoms with Crippen molar-refractivity contribution in [2.45, 2.75) is 26.3 Å². The molecule has 0 saturated heterocycles. The lowest BCUT2D eigenvalue weighted by molar-refractivity contribution is 0.102. The maximum Gasteiger partial charge on any atom is 0.275 e. The van der Waals surface area contributed by atoms with E-state index in [0.29, 0.717) is 18.0 Å². The highest BCUT2D eigenvalue weighted by Crippen LogP contribution is 2.19. The molecule has 1 aromatic heterocycles. The Morgan fingerprint density at radius 2 is 2.14 bits per heavy atom. The Morgan fingerprint density at radius 1 is 1.43 bits per heavy atom. The lowest BCUT2D eigenvalue weighted by Crippen LogP contribution is -2.13. The van der Waals surface area contributed by atoms with Crippen molar-refractivity contribution in [3.05, 3.63) is 40.3 Å². The number of aromatic nitrogens is 1. The predicted molar refractivity (Wildman–Crippen MR) is 84.9 cm³/mol. The van der Waals surface area contributed by atoms with Gasteiger partial charge in [0.15, 0.2) is 0 Å². The zero-order valence-corrected chi connectivity index (χ0v) is 12.9. The van der Waals surface area contributed by atoms with E-state index in [9.17, 15) is 4.79 Å². The molecule has 1 heterocycles. The molecule has 21 heavy (non-hydrogen) atoms. The molecule has 1 atom stereocenters. The van der Waals surface area contributed by atoms with Crippen LogP contribution in [0, 0.1) is 0 Å². The van der Waals surface area contributed by atoms with Crippen LogP contribution in [0.3, 0.4) is 0 Å². The maximum absolute atomic E-state index is 12.1. The van der Waals surface area contributed by atoms with Crippen molar-refractivity contribution in [1.29, 1.82) is 0 Å². The van der Waals surface area contributed by atoms with Crippen LogP contribution >= 0.6 is 11.3 Å². The molecule has 1 amide bonds. The van der Waals surface area contributed by atoms with Crippen LogP contribution in [0.15, 0.2) is 29.6 Å². The third-order valence-corrected chi connectivity index (χ3v) is 3.77. The summed E-state index contributed by atoms with van der Waals surface area (Å²) in [6.07, 6.45) is 0.963. The number of anilines is 1. The predicted octanol–water partition coefficient (Wildman–Crippen LogP) is 3.20. The summed E-state index contributed by atoms with van der Waals surface area (Å²) in [6.45, 7) is 4.58. The lowest BCUT2D eigenvalue weighted by atomic mass is 10.3. The van der Waals surface area contributed by atoms with Crippen LogP contribution in [0.1, 0.15) is 41.8 Å². The number of nitrogens with one attached hydrogen (secondary N) is 1. The first kappa shape index (κ1) is 15.5. The van der Waals surface area contributed by atoms with Crippen molar-refractivity contribution in [3.8, 4) is 5.75 Å². The molecule has 2 aromatic rings. The van der Waals surface area contributed by atoms with E-state index in [1.165, 1.54) is 11.3 Å². The second-order valence-corrected chi connectivity index (χ2v) is 5.58. The number of hydrogen-bond donors (Lipinski definition) is 2. The van der Waals surface area contributed by atoms with Crippen LogP contribution in [0.5, 0.6) is 5.75 Å². The summed E-state index contributed by atoms with van der Waals surface area (Å²) in [7, 11) is 0. The summed E-state index contributed by atoms with van der Waals surface area (Å²) in [5, 5.41) is 5.27. The maximum atomic E-state index is 12.1. The Labute approximate surface area is 128 Å². The summed E-state index contributed by atoms with van der Waals surface area (Å²) >= 11 is 1.39. The van der Waals surface area contributed by atoms with Crippen molar-refractivity contribution in [2.75, 3.05) is 11.9 Å². The number of ether oxygens (including phenoxy) is 1. The normalized spacial score (nSPS) is 12.0. The number of thiazole rings is 1. The van der Waals surface area contributed by atoms with Gasteiger partial charge in [-0.1, -0.05) is 6.92 Å². The van der Waals surface area contributed by atoms with E-state index in [1.807, 2.05) is 31.2 Å². The molecule has 5 nitrogen and oxygen atoms in total. The molecular formula is C15H19N3O2S. The number of benzene rings is 1. The number of nitrogens with zero attached hydrogens (tertiary/aromatic N) is 1. The molecule has 0 aliphatic carbocycles. The van der Waals surface area contributed by atoms with Crippen molar-refractivity contribution in [2.24, 2.45) is 5.73 Å². The second kappa shape index (κ2) is 7.19. The standard InChI is InChI=1S/C15H19N3O2S/c1-3-8-20-12-6-4-11(5-7-12)17-14(19)13-9-21-15(18-13)10(2)16/h4-7,9-10H,3,8,16H2,1-2H3,(H,17,19). The Balaban J connectivity index is 1.98. The SMILES string of the molecule is CCCOc1ccc(NC(=O)c2csc(C(C)N)n2)cc1.